The number of likely N-dealkylation sites (N-methyl/N-ethyl adjacent to an activating group) is 1. The Morgan fingerprint density at radius 3 is 2.76 bits per heavy atom. The average molecular weight is 264 g/mol. The molecular formula is C11H24N2O3S. The highest BCUT2D eigenvalue weighted by molar-refractivity contribution is 7.89. The molecule has 1 saturated heterocycles. The van der Waals surface area contributed by atoms with Crippen molar-refractivity contribution in [3.8, 4) is 0 Å². The first kappa shape index (κ1) is 14.9. The van der Waals surface area contributed by atoms with Crippen molar-refractivity contribution in [3.63, 3.8) is 0 Å². The van der Waals surface area contributed by atoms with Crippen LogP contribution >= 0.6 is 0 Å². The first-order valence-electron chi connectivity index (χ1n) is 6.27. The number of ether oxygens (including phenoxy) is 1. The van der Waals surface area contributed by atoms with Crippen LogP contribution < -0.4 is 5.32 Å². The van der Waals surface area contributed by atoms with Crippen molar-refractivity contribution in [1.82, 2.24) is 9.62 Å². The predicted molar refractivity (Wildman–Crippen MR) is 68.5 cm³/mol. The Morgan fingerprint density at radius 1 is 1.47 bits per heavy atom. The summed E-state index contributed by atoms with van der Waals surface area (Å²) in [6.07, 6.45) is 2.08. The number of hydrogen-bond donors (Lipinski definition) is 1. The Bertz CT molecular complexity index is 300. The van der Waals surface area contributed by atoms with Crippen LogP contribution in [-0.4, -0.2) is 58.4 Å². The smallest absolute Gasteiger partial charge is 0.214 e. The fourth-order valence-corrected chi connectivity index (χ4v) is 3.99. The second-order valence-corrected chi connectivity index (χ2v) is 6.49. The van der Waals surface area contributed by atoms with Crippen LogP contribution in [0.15, 0.2) is 0 Å². The van der Waals surface area contributed by atoms with E-state index in [2.05, 4.69) is 5.32 Å². The third-order valence-corrected chi connectivity index (χ3v) is 5.26. The summed E-state index contributed by atoms with van der Waals surface area (Å²) in [5.74, 6) is 0.516. The largest absolute Gasteiger partial charge is 0.383 e. The third kappa shape index (κ3) is 4.91. The summed E-state index contributed by atoms with van der Waals surface area (Å²) < 4.78 is 30.8. The fourth-order valence-electron chi connectivity index (χ4n) is 2.16. The van der Waals surface area contributed by atoms with Crippen LogP contribution in [-0.2, 0) is 14.8 Å². The maximum atomic E-state index is 12.2. The van der Waals surface area contributed by atoms with E-state index >= 15 is 0 Å². The Kier molecular flexibility index (Phi) is 6.40. The Balaban J connectivity index is 2.51. The van der Waals surface area contributed by atoms with Crippen molar-refractivity contribution in [3.05, 3.63) is 0 Å². The number of sulfonamides is 1. The maximum Gasteiger partial charge on any atom is 0.214 e. The van der Waals surface area contributed by atoms with Gasteiger partial charge < -0.3 is 10.1 Å². The van der Waals surface area contributed by atoms with Crippen molar-refractivity contribution in [1.29, 1.82) is 0 Å². The molecule has 17 heavy (non-hydrogen) atoms. The Labute approximate surface area is 105 Å². The van der Waals surface area contributed by atoms with Gasteiger partial charge in [-0.1, -0.05) is 6.92 Å². The van der Waals surface area contributed by atoms with Gasteiger partial charge in [0.2, 0.25) is 10.0 Å². The molecule has 1 rings (SSSR count). The highest BCUT2D eigenvalue weighted by Crippen LogP contribution is 2.14. The van der Waals surface area contributed by atoms with Crippen LogP contribution in [0.5, 0.6) is 0 Å². The number of piperidine rings is 1. The zero-order chi connectivity index (χ0) is 12.7. The second-order valence-electron chi connectivity index (χ2n) is 4.48. The zero-order valence-electron chi connectivity index (χ0n) is 10.8. The topological polar surface area (TPSA) is 58.6 Å². The van der Waals surface area contributed by atoms with Crippen LogP contribution in [0.4, 0.5) is 0 Å². The van der Waals surface area contributed by atoms with E-state index in [1.54, 1.807) is 7.11 Å². The zero-order valence-corrected chi connectivity index (χ0v) is 11.6. The molecule has 1 atom stereocenters. The fraction of sp³-hybridized carbons (Fsp3) is 1.00. The normalized spacial score (nSPS) is 21.9. The minimum absolute atomic E-state index is 0.255. The molecule has 0 spiro atoms. The van der Waals surface area contributed by atoms with Gasteiger partial charge in [-0.3, -0.25) is 0 Å². The molecule has 0 amide bonds. The van der Waals surface area contributed by atoms with Crippen LogP contribution in [0, 0.1) is 5.92 Å². The van der Waals surface area contributed by atoms with Crippen molar-refractivity contribution in [2.45, 2.75) is 19.8 Å². The van der Waals surface area contributed by atoms with E-state index in [4.69, 9.17) is 4.74 Å². The van der Waals surface area contributed by atoms with Crippen molar-refractivity contribution < 1.29 is 13.2 Å². The average Bonchev–Trinajstić information content (AvgIpc) is 2.30. The van der Waals surface area contributed by atoms with Crippen LogP contribution in [0.1, 0.15) is 19.8 Å². The van der Waals surface area contributed by atoms with E-state index in [9.17, 15) is 8.42 Å². The molecule has 1 N–H and O–H groups in total. The SMILES string of the molecule is CCN(CCOC)S(=O)(=O)CC1CCCNC1. The molecule has 0 aromatic heterocycles. The number of rotatable bonds is 7. The summed E-state index contributed by atoms with van der Waals surface area (Å²) in [4.78, 5) is 0. The number of nitrogens with one attached hydrogen (secondary N) is 1. The number of methoxy groups -OCH3 is 1. The monoisotopic (exact) mass is 264 g/mol. The first-order chi connectivity index (χ1) is 8.10. The molecule has 0 saturated carbocycles. The standard InChI is InChI=1S/C11H24N2O3S/c1-3-13(7-8-16-2)17(14,15)10-11-5-4-6-12-9-11/h11-12H,3-10H2,1-2H3. The summed E-state index contributed by atoms with van der Waals surface area (Å²) in [6, 6.07) is 0. The highest BCUT2D eigenvalue weighted by atomic mass is 32.2. The minimum atomic E-state index is -3.13. The predicted octanol–water partition coefficient (Wildman–Crippen LogP) is 0.284. The molecule has 0 radical (unpaired) electrons. The van der Waals surface area contributed by atoms with Crippen LogP contribution in [0.2, 0.25) is 0 Å². The van der Waals surface area contributed by atoms with Gasteiger partial charge in [0.05, 0.1) is 12.4 Å². The van der Waals surface area contributed by atoms with Gasteiger partial charge in [0.15, 0.2) is 0 Å². The van der Waals surface area contributed by atoms with Gasteiger partial charge in [0.25, 0.3) is 0 Å². The lowest BCUT2D eigenvalue weighted by Crippen LogP contribution is -2.41. The van der Waals surface area contributed by atoms with Crippen molar-refractivity contribution >= 4 is 10.0 Å². The van der Waals surface area contributed by atoms with Gasteiger partial charge in [0, 0.05) is 20.2 Å². The van der Waals surface area contributed by atoms with E-state index < -0.39 is 10.0 Å². The van der Waals surface area contributed by atoms with E-state index in [1.807, 2.05) is 6.92 Å². The molecule has 1 fully saturated rings. The van der Waals surface area contributed by atoms with Crippen molar-refractivity contribution in [2.24, 2.45) is 5.92 Å². The van der Waals surface area contributed by atoms with Gasteiger partial charge in [0.1, 0.15) is 0 Å². The maximum absolute atomic E-state index is 12.2. The molecule has 1 unspecified atom stereocenters. The molecule has 6 heteroatoms. The van der Waals surface area contributed by atoms with E-state index in [1.165, 1.54) is 4.31 Å². The molecule has 0 aromatic carbocycles. The lowest BCUT2D eigenvalue weighted by atomic mass is 10.0. The molecule has 0 bridgehead atoms. The Hall–Kier alpha value is -0.170. The van der Waals surface area contributed by atoms with Crippen LogP contribution in [0.3, 0.4) is 0 Å². The second kappa shape index (κ2) is 7.31. The molecule has 1 aliphatic heterocycles. The highest BCUT2D eigenvalue weighted by Gasteiger charge is 2.25. The quantitative estimate of drug-likeness (QED) is 0.718. The van der Waals surface area contributed by atoms with Crippen molar-refractivity contribution in [2.75, 3.05) is 45.6 Å². The molecule has 1 aliphatic rings. The van der Waals surface area contributed by atoms with Gasteiger partial charge >= 0.3 is 0 Å². The van der Waals surface area contributed by atoms with E-state index in [0.717, 1.165) is 25.9 Å². The van der Waals surface area contributed by atoms with Gasteiger partial charge in [-0.2, -0.15) is 4.31 Å². The Morgan fingerprint density at radius 2 is 2.24 bits per heavy atom. The first-order valence-corrected chi connectivity index (χ1v) is 7.88. The van der Waals surface area contributed by atoms with Gasteiger partial charge in [-0.25, -0.2) is 8.42 Å². The lowest BCUT2D eigenvalue weighted by molar-refractivity contribution is 0.180. The number of nitrogens with zero attached hydrogens (tertiary/aromatic N) is 1. The van der Waals surface area contributed by atoms with Gasteiger partial charge in [-0.15, -0.1) is 0 Å². The van der Waals surface area contributed by atoms with Gasteiger partial charge in [-0.05, 0) is 31.8 Å². The summed E-state index contributed by atoms with van der Waals surface area (Å²) in [7, 11) is -1.54. The molecule has 0 aliphatic carbocycles. The molecule has 5 nitrogen and oxygen atoms in total. The molecule has 1 heterocycles. The number of hydrogen-bond acceptors (Lipinski definition) is 4. The molecule has 102 valence electrons. The van der Waals surface area contributed by atoms with E-state index in [-0.39, 0.29) is 11.7 Å². The summed E-state index contributed by atoms with van der Waals surface area (Å²) >= 11 is 0. The van der Waals surface area contributed by atoms with E-state index in [0.29, 0.717) is 19.7 Å². The summed E-state index contributed by atoms with van der Waals surface area (Å²) in [5, 5.41) is 3.25. The minimum Gasteiger partial charge on any atom is -0.383 e. The summed E-state index contributed by atoms with van der Waals surface area (Å²) in [5.41, 5.74) is 0. The molecule has 0 aromatic rings. The van der Waals surface area contributed by atoms with Crippen LogP contribution in [0.25, 0.3) is 0 Å². The lowest BCUT2D eigenvalue weighted by Gasteiger charge is -2.26. The molecular weight excluding hydrogens is 240 g/mol. The summed E-state index contributed by atoms with van der Waals surface area (Å²) in [6.45, 7) is 5.13. The third-order valence-electron chi connectivity index (χ3n) is 3.14.